The van der Waals surface area contributed by atoms with Gasteiger partial charge in [0, 0.05) is 43.8 Å². The van der Waals surface area contributed by atoms with E-state index in [2.05, 4.69) is 15.1 Å². The number of para-hydroxylation sites is 1. The molecule has 1 aliphatic heterocycles. The monoisotopic (exact) mass is 446 g/mol. The molecule has 1 N–H and O–H groups in total. The lowest BCUT2D eigenvalue weighted by molar-refractivity contribution is -0.121. The predicted octanol–water partition coefficient (Wildman–Crippen LogP) is 2.72. The van der Waals surface area contributed by atoms with E-state index in [1.807, 2.05) is 12.1 Å². The van der Waals surface area contributed by atoms with Crippen LogP contribution in [0, 0.1) is 5.82 Å². The number of anilines is 1. The Kier molecular flexibility index (Phi) is 6.58. The van der Waals surface area contributed by atoms with Gasteiger partial charge in [0.2, 0.25) is 5.91 Å². The zero-order valence-electron chi connectivity index (χ0n) is 17.0. The Morgan fingerprint density at radius 1 is 1.13 bits per heavy atom. The number of aromatic nitrogens is 1. The summed E-state index contributed by atoms with van der Waals surface area (Å²) in [6, 6.07) is 11.7. The second-order valence-electron chi connectivity index (χ2n) is 7.55. The van der Waals surface area contributed by atoms with Gasteiger partial charge in [-0.3, -0.25) is 14.3 Å². The van der Waals surface area contributed by atoms with Crippen molar-refractivity contribution in [3.05, 3.63) is 63.9 Å². The van der Waals surface area contributed by atoms with Gasteiger partial charge in [0.05, 0.1) is 11.2 Å². The van der Waals surface area contributed by atoms with Crippen molar-refractivity contribution in [3.63, 3.8) is 0 Å². The summed E-state index contributed by atoms with van der Waals surface area (Å²) >= 11 is 5.91. The first-order valence-corrected chi connectivity index (χ1v) is 10.7. The number of piperazine rings is 1. The molecule has 4 rings (SSSR count). The van der Waals surface area contributed by atoms with E-state index >= 15 is 0 Å². The molecule has 9 heteroatoms. The lowest BCUT2D eigenvalue weighted by atomic mass is 10.2. The van der Waals surface area contributed by atoms with E-state index in [-0.39, 0.29) is 18.3 Å². The smallest absolute Gasteiger partial charge is 0.408 e. The summed E-state index contributed by atoms with van der Waals surface area (Å²) in [6.45, 7) is 4.50. The first-order chi connectivity index (χ1) is 15.0. The quantitative estimate of drug-likeness (QED) is 0.565. The number of carbonyl (C=O) groups excluding carboxylic acids is 1. The number of hydrogen-bond donors (Lipinski definition) is 1. The van der Waals surface area contributed by atoms with E-state index in [0.717, 1.165) is 39.1 Å². The molecule has 0 aliphatic carbocycles. The Labute approximate surface area is 184 Å². The summed E-state index contributed by atoms with van der Waals surface area (Å²) < 4.78 is 20.4. The minimum atomic E-state index is -0.583. The van der Waals surface area contributed by atoms with Crippen molar-refractivity contribution in [1.29, 1.82) is 0 Å². The van der Waals surface area contributed by atoms with Crippen LogP contribution in [-0.2, 0) is 11.3 Å². The molecule has 3 aromatic rings. The molecular weight excluding hydrogens is 423 g/mol. The van der Waals surface area contributed by atoms with Gasteiger partial charge in [-0.2, -0.15) is 0 Å². The van der Waals surface area contributed by atoms with Gasteiger partial charge in [-0.25, -0.2) is 9.18 Å². The fourth-order valence-electron chi connectivity index (χ4n) is 3.84. The Morgan fingerprint density at radius 2 is 1.90 bits per heavy atom. The number of nitrogens with one attached hydrogen (secondary N) is 1. The average Bonchev–Trinajstić information content (AvgIpc) is 3.06. The molecule has 0 bridgehead atoms. The summed E-state index contributed by atoms with van der Waals surface area (Å²) in [6.07, 6.45) is 0.794. The molecule has 1 fully saturated rings. The highest BCUT2D eigenvalue weighted by Gasteiger charge is 2.19. The summed E-state index contributed by atoms with van der Waals surface area (Å²) in [5, 5.41) is 3.32. The van der Waals surface area contributed by atoms with Gasteiger partial charge in [0.15, 0.2) is 5.58 Å². The highest BCUT2D eigenvalue weighted by molar-refractivity contribution is 6.31. The van der Waals surface area contributed by atoms with E-state index in [1.54, 1.807) is 24.3 Å². The van der Waals surface area contributed by atoms with Crippen molar-refractivity contribution in [2.45, 2.75) is 13.0 Å². The second kappa shape index (κ2) is 9.53. The van der Waals surface area contributed by atoms with Crippen molar-refractivity contribution in [1.82, 2.24) is 14.8 Å². The van der Waals surface area contributed by atoms with E-state index < -0.39 is 5.76 Å². The van der Waals surface area contributed by atoms with Gasteiger partial charge in [0.25, 0.3) is 0 Å². The number of benzene rings is 2. The number of nitrogens with zero attached hydrogens (tertiary/aromatic N) is 3. The van der Waals surface area contributed by atoms with E-state index in [9.17, 15) is 14.0 Å². The third kappa shape index (κ3) is 5.08. The highest BCUT2D eigenvalue weighted by Crippen LogP contribution is 2.20. The standard InChI is InChI=1S/C22H24ClFN4O3/c23-16-6-7-19-20(14-16)31-22(30)28(19)15-21(29)25-8-3-9-26-10-12-27(13-11-26)18-5-2-1-4-17(18)24/h1-2,4-7,14H,3,8-13,15H2,(H,25,29). The fraction of sp³-hybridized carbons (Fsp3) is 0.364. The van der Waals surface area contributed by atoms with Crippen LogP contribution in [-0.4, -0.2) is 54.6 Å². The summed E-state index contributed by atoms with van der Waals surface area (Å²) in [5.41, 5.74) is 1.55. The molecule has 31 heavy (non-hydrogen) atoms. The van der Waals surface area contributed by atoms with Crippen LogP contribution in [0.2, 0.25) is 5.02 Å². The maximum absolute atomic E-state index is 13.9. The molecule has 0 saturated carbocycles. The van der Waals surface area contributed by atoms with Crippen molar-refractivity contribution in [3.8, 4) is 0 Å². The Morgan fingerprint density at radius 3 is 2.68 bits per heavy atom. The lowest BCUT2D eigenvalue weighted by Gasteiger charge is -2.36. The minimum Gasteiger partial charge on any atom is -0.408 e. The lowest BCUT2D eigenvalue weighted by Crippen LogP contribution is -2.47. The molecule has 0 spiro atoms. The summed E-state index contributed by atoms with van der Waals surface area (Å²) in [5.74, 6) is -1.02. The highest BCUT2D eigenvalue weighted by atomic mass is 35.5. The molecular formula is C22H24ClFN4O3. The largest absolute Gasteiger partial charge is 0.420 e. The molecule has 1 aromatic heterocycles. The Bertz CT molecular complexity index is 1120. The average molecular weight is 447 g/mol. The molecule has 164 valence electrons. The van der Waals surface area contributed by atoms with Gasteiger partial charge in [0.1, 0.15) is 12.4 Å². The van der Waals surface area contributed by atoms with Crippen molar-refractivity contribution < 1.29 is 13.6 Å². The van der Waals surface area contributed by atoms with Crippen molar-refractivity contribution in [2.24, 2.45) is 0 Å². The second-order valence-corrected chi connectivity index (χ2v) is 7.99. The molecule has 0 unspecified atom stereocenters. The fourth-order valence-corrected chi connectivity index (χ4v) is 4.00. The maximum Gasteiger partial charge on any atom is 0.420 e. The van der Waals surface area contributed by atoms with Crippen molar-refractivity contribution >= 4 is 34.3 Å². The van der Waals surface area contributed by atoms with E-state index in [0.29, 0.717) is 28.4 Å². The number of carbonyl (C=O) groups is 1. The van der Waals surface area contributed by atoms with E-state index in [1.165, 1.54) is 10.6 Å². The van der Waals surface area contributed by atoms with Gasteiger partial charge in [-0.1, -0.05) is 23.7 Å². The number of oxazole rings is 1. The topological polar surface area (TPSA) is 70.7 Å². The Hall–Kier alpha value is -2.84. The van der Waals surface area contributed by atoms with Crippen LogP contribution in [0.15, 0.2) is 51.7 Å². The molecule has 1 aliphatic rings. The molecule has 0 atom stereocenters. The number of hydrogen-bond acceptors (Lipinski definition) is 5. The van der Waals surface area contributed by atoms with Gasteiger partial charge < -0.3 is 14.6 Å². The number of fused-ring (bicyclic) bond motifs is 1. The van der Waals surface area contributed by atoms with Crippen molar-refractivity contribution in [2.75, 3.05) is 44.2 Å². The first-order valence-electron chi connectivity index (χ1n) is 10.3. The van der Waals surface area contributed by atoms with Crippen LogP contribution >= 0.6 is 11.6 Å². The zero-order valence-corrected chi connectivity index (χ0v) is 17.8. The van der Waals surface area contributed by atoms with Gasteiger partial charge >= 0.3 is 5.76 Å². The normalized spacial score (nSPS) is 14.8. The van der Waals surface area contributed by atoms with Gasteiger partial charge in [-0.05, 0) is 37.2 Å². The Balaban J connectivity index is 1.20. The summed E-state index contributed by atoms with van der Waals surface area (Å²) in [4.78, 5) is 28.6. The maximum atomic E-state index is 13.9. The van der Waals surface area contributed by atoms with Crippen LogP contribution in [0.4, 0.5) is 10.1 Å². The molecule has 1 amide bonds. The molecule has 7 nitrogen and oxygen atoms in total. The first kappa shape index (κ1) is 21.4. The molecule has 2 aromatic carbocycles. The number of rotatable bonds is 7. The van der Waals surface area contributed by atoms with Crippen LogP contribution in [0.25, 0.3) is 11.1 Å². The molecule has 1 saturated heterocycles. The minimum absolute atomic E-state index is 0.102. The molecule has 0 radical (unpaired) electrons. The third-order valence-corrected chi connectivity index (χ3v) is 5.71. The van der Waals surface area contributed by atoms with Gasteiger partial charge in [-0.15, -0.1) is 0 Å². The third-order valence-electron chi connectivity index (χ3n) is 5.47. The SMILES string of the molecule is O=C(Cn1c(=O)oc2cc(Cl)ccc21)NCCCN1CCN(c2ccccc2F)CC1. The molecule has 2 heterocycles. The van der Waals surface area contributed by atoms with Crippen LogP contribution in [0.5, 0.6) is 0 Å². The number of halogens is 2. The van der Waals surface area contributed by atoms with Crippen LogP contribution in [0.1, 0.15) is 6.42 Å². The number of amides is 1. The van der Waals surface area contributed by atoms with Crippen LogP contribution < -0.4 is 16.0 Å². The zero-order chi connectivity index (χ0) is 21.8. The summed E-state index contributed by atoms with van der Waals surface area (Å²) in [7, 11) is 0. The van der Waals surface area contributed by atoms with Crippen LogP contribution in [0.3, 0.4) is 0 Å². The van der Waals surface area contributed by atoms with E-state index in [4.69, 9.17) is 16.0 Å². The predicted molar refractivity (Wildman–Crippen MR) is 118 cm³/mol.